The second kappa shape index (κ2) is 7.52. The molecule has 0 atom stereocenters. The Morgan fingerprint density at radius 2 is 1.58 bits per heavy atom. The first-order valence-electron chi connectivity index (χ1n) is 8.30. The molecule has 31 heavy (non-hydrogen) atoms. The molecule has 1 aliphatic heterocycles. The third-order valence-corrected chi connectivity index (χ3v) is 4.13. The van der Waals surface area contributed by atoms with Gasteiger partial charge in [-0.25, -0.2) is 14.7 Å². The van der Waals surface area contributed by atoms with Crippen molar-refractivity contribution in [2.75, 3.05) is 7.05 Å². The summed E-state index contributed by atoms with van der Waals surface area (Å²) in [6.07, 6.45) is -7.80. The molecule has 0 aliphatic carbocycles. The van der Waals surface area contributed by atoms with E-state index >= 15 is 0 Å². The zero-order valence-corrected chi connectivity index (χ0v) is 15.4. The van der Waals surface area contributed by atoms with Gasteiger partial charge in [-0.3, -0.25) is 14.4 Å². The summed E-state index contributed by atoms with van der Waals surface area (Å²) in [5.74, 6) is -2.73. The smallest absolute Gasteiger partial charge is 0.272 e. The van der Waals surface area contributed by atoms with E-state index in [9.17, 15) is 40.7 Å². The number of aromatic nitrogens is 3. The molecule has 0 spiro atoms. The number of hydrogen-bond acceptors (Lipinski definition) is 5. The molecule has 1 aromatic carbocycles. The lowest BCUT2D eigenvalue weighted by Crippen LogP contribution is -2.41. The largest absolute Gasteiger partial charge is 0.416 e. The van der Waals surface area contributed by atoms with Crippen LogP contribution < -0.4 is 0 Å². The lowest BCUT2D eigenvalue weighted by molar-refractivity contribution is -0.156. The molecule has 0 saturated carbocycles. The van der Waals surface area contributed by atoms with Crippen molar-refractivity contribution in [2.45, 2.75) is 18.8 Å². The summed E-state index contributed by atoms with van der Waals surface area (Å²) in [6, 6.07) is 0.907. The third-order valence-electron chi connectivity index (χ3n) is 4.13. The van der Waals surface area contributed by atoms with Gasteiger partial charge in [0.05, 0.1) is 11.1 Å². The number of halogens is 6. The monoisotopic (exact) mass is 447 g/mol. The highest BCUT2D eigenvalue weighted by molar-refractivity contribution is 6.12. The summed E-state index contributed by atoms with van der Waals surface area (Å²) in [5, 5.41) is 5.10. The van der Waals surface area contributed by atoms with E-state index < -0.39 is 59.0 Å². The summed E-state index contributed by atoms with van der Waals surface area (Å²) in [4.78, 5) is 38.8. The maximum Gasteiger partial charge on any atom is 0.416 e. The lowest BCUT2D eigenvalue weighted by atomic mass is 10.0. The van der Waals surface area contributed by atoms with E-state index in [1.165, 1.54) is 7.05 Å². The molecule has 3 rings (SSSR count). The molecule has 0 unspecified atom stereocenters. The quantitative estimate of drug-likeness (QED) is 0.410. The average Bonchev–Trinajstić information content (AvgIpc) is 3.22. The third kappa shape index (κ3) is 4.57. The van der Waals surface area contributed by atoms with Crippen LogP contribution in [0, 0.1) is 0 Å². The van der Waals surface area contributed by atoms with E-state index in [2.05, 4.69) is 10.1 Å². The number of nitrogens with zero attached hydrogens (tertiary/aromatic N) is 5. The van der Waals surface area contributed by atoms with E-state index in [0.29, 0.717) is 17.1 Å². The van der Waals surface area contributed by atoms with Crippen molar-refractivity contribution in [1.82, 2.24) is 24.8 Å². The molecule has 2 aromatic rings. The molecule has 8 nitrogen and oxygen atoms in total. The van der Waals surface area contributed by atoms with Crippen LogP contribution >= 0.6 is 0 Å². The van der Waals surface area contributed by atoms with Crippen molar-refractivity contribution in [1.29, 1.82) is 0 Å². The molecular formula is C17H11F6N5O3. The van der Waals surface area contributed by atoms with Crippen molar-refractivity contribution in [3.63, 3.8) is 0 Å². The van der Waals surface area contributed by atoms with Crippen LogP contribution in [0.25, 0.3) is 17.6 Å². The van der Waals surface area contributed by atoms with Crippen LogP contribution in [-0.2, 0) is 26.7 Å². The second-order valence-corrected chi connectivity index (χ2v) is 6.30. The van der Waals surface area contributed by atoms with Gasteiger partial charge in [0.2, 0.25) is 0 Å². The Morgan fingerprint density at radius 3 is 2.06 bits per heavy atom. The summed E-state index contributed by atoms with van der Waals surface area (Å²) >= 11 is 0. The Morgan fingerprint density at radius 1 is 1.00 bits per heavy atom. The number of carbonyl (C=O) groups is 3. The Hall–Kier alpha value is -3.71. The Kier molecular flexibility index (Phi) is 5.33. The summed E-state index contributed by atoms with van der Waals surface area (Å²) in [6.45, 7) is 0. The van der Waals surface area contributed by atoms with Gasteiger partial charge in [-0.2, -0.15) is 31.4 Å². The van der Waals surface area contributed by atoms with Crippen molar-refractivity contribution in [2.24, 2.45) is 0 Å². The molecule has 1 aliphatic rings. The average molecular weight is 447 g/mol. The maximum atomic E-state index is 13.0. The molecule has 3 amide bonds. The van der Waals surface area contributed by atoms with E-state index in [0.717, 1.165) is 28.3 Å². The Labute approximate surface area is 169 Å². The predicted molar refractivity (Wildman–Crippen MR) is 90.0 cm³/mol. The molecule has 164 valence electrons. The van der Waals surface area contributed by atoms with Gasteiger partial charge in [0.1, 0.15) is 12.7 Å². The van der Waals surface area contributed by atoms with Crippen LogP contribution in [0.3, 0.4) is 0 Å². The molecular weight excluding hydrogens is 436 g/mol. The van der Waals surface area contributed by atoms with Crippen LogP contribution in [0.1, 0.15) is 17.5 Å². The normalized spacial score (nSPS) is 15.5. The molecule has 1 aromatic heterocycles. The zero-order chi connectivity index (χ0) is 23.1. The van der Waals surface area contributed by atoms with Crippen LogP contribution in [0.15, 0.2) is 30.6 Å². The van der Waals surface area contributed by atoms with Gasteiger partial charge >= 0.3 is 12.4 Å². The predicted octanol–water partition coefficient (Wildman–Crippen LogP) is 2.59. The lowest BCUT2D eigenvalue weighted by Gasteiger charge is -2.19. The molecule has 1 saturated heterocycles. The van der Waals surface area contributed by atoms with Gasteiger partial charge in [0.25, 0.3) is 17.7 Å². The number of rotatable bonds is 3. The van der Waals surface area contributed by atoms with Gasteiger partial charge in [-0.05, 0) is 18.2 Å². The topological polar surface area (TPSA) is 88.4 Å². The van der Waals surface area contributed by atoms with Crippen LogP contribution in [0.2, 0.25) is 0 Å². The highest BCUT2D eigenvalue weighted by Crippen LogP contribution is 2.38. The van der Waals surface area contributed by atoms with Gasteiger partial charge in [0, 0.05) is 24.9 Å². The van der Waals surface area contributed by atoms with Gasteiger partial charge < -0.3 is 0 Å². The van der Waals surface area contributed by atoms with Crippen molar-refractivity contribution in [3.8, 4) is 11.4 Å². The van der Waals surface area contributed by atoms with Gasteiger partial charge in [-0.15, -0.1) is 5.10 Å². The Bertz CT molecular complexity index is 1060. The van der Waals surface area contributed by atoms with Gasteiger partial charge in [-0.1, -0.05) is 0 Å². The van der Waals surface area contributed by atoms with Crippen LogP contribution in [0.5, 0.6) is 0 Å². The first kappa shape index (κ1) is 22.0. The number of benzene rings is 1. The van der Waals surface area contributed by atoms with E-state index in [1.807, 2.05) is 0 Å². The van der Waals surface area contributed by atoms with E-state index in [1.54, 1.807) is 0 Å². The summed E-state index contributed by atoms with van der Waals surface area (Å²) in [5.41, 5.74) is -3.60. The van der Waals surface area contributed by atoms with Crippen LogP contribution in [0.4, 0.5) is 26.3 Å². The minimum absolute atomic E-state index is 0.0239. The zero-order valence-electron chi connectivity index (χ0n) is 15.4. The standard InChI is InChI=1S/C17H11F6N5O3/c1-26-13(30)7-14(31)28(26)12(29)2-3-27-8-24-15(25-27)9-4-10(16(18,19)20)6-11(5-9)17(21,22)23/h2-6,8H,7H2,1H3. The van der Waals surface area contributed by atoms with Crippen LogP contribution in [-0.4, -0.2) is 49.6 Å². The molecule has 0 N–H and O–H groups in total. The summed E-state index contributed by atoms with van der Waals surface area (Å²) < 4.78 is 78.7. The number of imide groups is 1. The fraction of sp³-hybridized carbons (Fsp3) is 0.235. The number of carbonyl (C=O) groups excluding carboxylic acids is 3. The number of amides is 3. The first-order chi connectivity index (χ1) is 14.3. The number of alkyl halides is 6. The molecule has 14 heteroatoms. The molecule has 2 heterocycles. The second-order valence-electron chi connectivity index (χ2n) is 6.30. The van der Waals surface area contributed by atoms with Gasteiger partial charge in [0.15, 0.2) is 5.82 Å². The molecule has 0 radical (unpaired) electrons. The number of hydrogen-bond donors (Lipinski definition) is 0. The molecule has 0 bridgehead atoms. The van der Waals surface area contributed by atoms with E-state index in [-0.39, 0.29) is 6.07 Å². The molecule has 1 fully saturated rings. The fourth-order valence-corrected chi connectivity index (χ4v) is 2.64. The van der Waals surface area contributed by atoms with Crippen molar-refractivity contribution >= 4 is 23.9 Å². The Balaban J connectivity index is 1.88. The highest BCUT2D eigenvalue weighted by Gasteiger charge is 2.38. The first-order valence-corrected chi connectivity index (χ1v) is 8.30. The SMILES string of the molecule is CN1C(=O)CC(=O)N1C(=O)C=Cn1cnc(-c2cc(C(F)(F)F)cc(C(F)(F)F)c2)n1. The van der Waals surface area contributed by atoms with E-state index in [4.69, 9.17) is 0 Å². The van der Waals surface area contributed by atoms with Crippen molar-refractivity contribution < 1.29 is 40.7 Å². The minimum Gasteiger partial charge on any atom is -0.272 e. The maximum absolute atomic E-state index is 13.0. The highest BCUT2D eigenvalue weighted by atomic mass is 19.4. The van der Waals surface area contributed by atoms with Crippen molar-refractivity contribution in [3.05, 3.63) is 41.7 Å². The summed E-state index contributed by atoms with van der Waals surface area (Å²) in [7, 11) is 1.21. The fourth-order valence-electron chi connectivity index (χ4n) is 2.64. The number of hydrazine groups is 1. The minimum atomic E-state index is -5.03.